The van der Waals surface area contributed by atoms with Crippen LogP contribution in [0.5, 0.6) is 0 Å². The van der Waals surface area contributed by atoms with Gasteiger partial charge in [-0.15, -0.1) is 0 Å². The monoisotopic (exact) mass is 188 g/mol. The van der Waals surface area contributed by atoms with E-state index in [0.29, 0.717) is 11.1 Å². The molecular formula is C11H10NO2+. The molecule has 1 aromatic carbocycles. The Labute approximate surface area is 81.2 Å². The van der Waals surface area contributed by atoms with E-state index >= 15 is 0 Å². The highest BCUT2D eigenvalue weighted by Crippen LogP contribution is 2.11. The Morgan fingerprint density at radius 1 is 1.36 bits per heavy atom. The molecule has 2 rings (SSSR count). The zero-order chi connectivity index (χ0) is 10.1. The van der Waals surface area contributed by atoms with Gasteiger partial charge in [0.2, 0.25) is 6.20 Å². The number of carbonyl (C=O) groups is 1. The first-order valence-corrected chi connectivity index (χ1v) is 4.33. The predicted octanol–water partition coefficient (Wildman–Crippen LogP) is 1.57. The van der Waals surface area contributed by atoms with Crippen molar-refractivity contribution in [3.63, 3.8) is 0 Å². The van der Waals surface area contributed by atoms with Crippen molar-refractivity contribution in [2.45, 2.75) is 6.92 Å². The number of hydrogen-bond donors (Lipinski definition) is 1. The quantitative estimate of drug-likeness (QED) is 0.419. The second kappa shape index (κ2) is 3.10. The molecule has 0 saturated heterocycles. The minimum absolute atomic E-state index is 0.00393. The molecule has 14 heavy (non-hydrogen) atoms. The van der Waals surface area contributed by atoms with Crippen LogP contribution >= 0.6 is 0 Å². The molecule has 0 atom stereocenters. The molecule has 0 fully saturated rings. The summed E-state index contributed by atoms with van der Waals surface area (Å²) in [5, 5.41) is 10.4. The summed E-state index contributed by atoms with van der Waals surface area (Å²) in [4.78, 5) is 11.1. The molecule has 3 heteroatoms. The van der Waals surface area contributed by atoms with Gasteiger partial charge in [0.1, 0.15) is 0 Å². The number of Topliss-reactive ketones (excluding diaryl/α,β-unsaturated/α-hetero) is 1. The maximum atomic E-state index is 11.1. The van der Waals surface area contributed by atoms with Gasteiger partial charge in [0, 0.05) is 22.4 Å². The SMILES string of the molecule is CC(=O)c1ccc2ccc[n+](O)c2c1. The minimum Gasteiger partial charge on any atom is -0.295 e. The topological polar surface area (TPSA) is 41.2 Å². The second-order valence-corrected chi connectivity index (χ2v) is 3.18. The molecule has 0 aliphatic carbocycles. The molecule has 0 aliphatic heterocycles. The number of benzene rings is 1. The van der Waals surface area contributed by atoms with E-state index in [9.17, 15) is 10.0 Å². The van der Waals surface area contributed by atoms with Gasteiger partial charge in [0.15, 0.2) is 5.78 Å². The van der Waals surface area contributed by atoms with Crippen LogP contribution in [0.25, 0.3) is 10.9 Å². The summed E-state index contributed by atoms with van der Waals surface area (Å²) in [5.41, 5.74) is 1.24. The first-order chi connectivity index (χ1) is 6.68. The number of ketones is 1. The molecule has 0 bridgehead atoms. The van der Waals surface area contributed by atoms with Crippen LogP contribution in [0.1, 0.15) is 17.3 Å². The maximum Gasteiger partial charge on any atom is 0.265 e. The average Bonchev–Trinajstić information content (AvgIpc) is 2.18. The first-order valence-electron chi connectivity index (χ1n) is 4.33. The van der Waals surface area contributed by atoms with E-state index in [1.54, 1.807) is 18.2 Å². The van der Waals surface area contributed by atoms with Crippen LogP contribution in [0.2, 0.25) is 0 Å². The van der Waals surface area contributed by atoms with Crippen LogP contribution in [0, 0.1) is 0 Å². The van der Waals surface area contributed by atoms with E-state index in [1.807, 2.05) is 12.1 Å². The molecule has 1 heterocycles. The standard InChI is InChI=1S/C11H10NO2/c1-8(13)10-5-4-9-3-2-6-12(14)11(9)7-10/h2-7,14H,1H3/q+1. The average molecular weight is 188 g/mol. The van der Waals surface area contributed by atoms with Gasteiger partial charge >= 0.3 is 0 Å². The third-order valence-electron chi connectivity index (χ3n) is 2.19. The molecule has 70 valence electrons. The van der Waals surface area contributed by atoms with Crippen molar-refractivity contribution in [3.05, 3.63) is 42.1 Å². The van der Waals surface area contributed by atoms with Crippen molar-refractivity contribution in [1.82, 2.24) is 0 Å². The summed E-state index contributed by atoms with van der Waals surface area (Å²) >= 11 is 0. The van der Waals surface area contributed by atoms with Crippen LogP contribution in [-0.4, -0.2) is 11.0 Å². The van der Waals surface area contributed by atoms with Crippen LogP contribution in [0.3, 0.4) is 0 Å². The van der Waals surface area contributed by atoms with Crippen molar-refractivity contribution < 1.29 is 14.7 Å². The lowest BCUT2D eigenvalue weighted by Crippen LogP contribution is -2.29. The van der Waals surface area contributed by atoms with Crippen molar-refractivity contribution in [2.75, 3.05) is 0 Å². The summed E-state index contributed by atoms with van der Waals surface area (Å²) in [7, 11) is 0. The van der Waals surface area contributed by atoms with E-state index in [4.69, 9.17) is 0 Å². The lowest BCUT2D eigenvalue weighted by atomic mass is 10.1. The minimum atomic E-state index is -0.00393. The summed E-state index contributed by atoms with van der Waals surface area (Å²) in [5.74, 6) is -0.00393. The molecule has 0 spiro atoms. The predicted molar refractivity (Wildman–Crippen MR) is 51.3 cm³/mol. The zero-order valence-electron chi connectivity index (χ0n) is 7.77. The van der Waals surface area contributed by atoms with E-state index in [1.165, 1.54) is 13.1 Å². The summed E-state index contributed by atoms with van der Waals surface area (Å²) in [6.07, 6.45) is 1.53. The van der Waals surface area contributed by atoms with Crippen LogP contribution < -0.4 is 4.73 Å². The lowest BCUT2D eigenvalue weighted by molar-refractivity contribution is -0.884. The molecule has 1 N–H and O–H groups in total. The maximum absolute atomic E-state index is 11.1. The Morgan fingerprint density at radius 3 is 2.86 bits per heavy atom. The van der Waals surface area contributed by atoms with Gasteiger partial charge < -0.3 is 0 Å². The number of rotatable bonds is 1. The second-order valence-electron chi connectivity index (χ2n) is 3.18. The summed E-state index contributed by atoms with van der Waals surface area (Å²) in [6.45, 7) is 1.51. The Bertz CT molecular complexity index is 506. The number of hydrogen-bond acceptors (Lipinski definition) is 2. The molecular weight excluding hydrogens is 178 g/mol. The molecule has 0 amide bonds. The van der Waals surface area contributed by atoms with Gasteiger partial charge in [-0.05, 0) is 19.1 Å². The Morgan fingerprint density at radius 2 is 2.14 bits per heavy atom. The number of fused-ring (bicyclic) bond motifs is 1. The van der Waals surface area contributed by atoms with Gasteiger partial charge in [0.05, 0.1) is 5.39 Å². The highest BCUT2D eigenvalue weighted by molar-refractivity contribution is 5.97. The van der Waals surface area contributed by atoms with Crippen LogP contribution in [0.15, 0.2) is 36.5 Å². The summed E-state index contributed by atoms with van der Waals surface area (Å²) < 4.78 is 1.02. The fraction of sp³-hybridized carbons (Fsp3) is 0.0909. The van der Waals surface area contributed by atoms with E-state index in [-0.39, 0.29) is 5.78 Å². The normalized spacial score (nSPS) is 10.4. The van der Waals surface area contributed by atoms with Gasteiger partial charge in [-0.25, -0.2) is 0 Å². The highest BCUT2D eigenvalue weighted by Gasteiger charge is 2.09. The fourth-order valence-corrected chi connectivity index (χ4v) is 1.41. The highest BCUT2D eigenvalue weighted by atomic mass is 16.5. The number of pyridine rings is 1. The molecule has 0 unspecified atom stereocenters. The summed E-state index contributed by atoms with van der Waals surface area (Å²) in [6, 6.07) is 8.88. The molecule has 0 radical (unpaired) electrons. The van der Waals surface area contributed by atoms with Gasteiger partial charge in [-0.1, -0.05) is 6.07 Å². The van der Waals surface area contributed by atoms with Crippen molar-refractivity contribution in [2.24, 2.45) is 0 Å². The number of carbonyl (C=O) groups excluding carboxylic acids is 1. The van der Waals surface area contributed by atoms with Crippen molar-refractivity contribution in [3.8, 4) is 0 Å². The Balaban J connectivity index is 2.76. The van der Waals surface area contributed by atoms with Gasteiger partial charge in [-0.3, -0.25) is 10.0 Å². The first kappa shape index (κ1) is 8.69. The zero-order valence-corrected chi connectivity index (χ0v) is 7.77. The molecule has 0 aliphatic rings. The van der Waals surface area contributed by atoms with E-state index < -0.39 is 0 Å². The lowest BCUT2D eigenvalue weighted by Gasteiger charge is -1.96. The van der Waals surface area contributed by atoms with Crippen molar-refractivity contribution >= 4 is 16.7 Å². The molecule has 0 saturated carbocycles. The van der Waals surface area contributed by atoms with Crippen LogP contribution in [0.4, 0.5) is 0 Å². The van der Waals surface area contributed by atoms with Crippen LogP contribution in [-0.2, 0) is 0 Å². The number of aromatic nitrogens is 1. The Hall–Kier alpha value is -1.90. The smallest absolute Gasteiger partial charge is 0.265 e. The molecule has 2 aromatic rings. The largest absolute Gasteiger partial charge is 0.295 e. The number of nitrogens with zero attached hydrogens (tertiary/aromatic N) is 1. The van der Waals surface area contributed by atoms with Gasteiger partial charge in [0.25, 0.3) is 5.52 Å². The van der Waals surface area contributed by atoms with Crippen molar-refractivity contribution in [1.29, 1.82) is 0 Å². The van der Waals surface area contributed by atoms with E-state index in [2.05, 4.69) is 0 Å². The molecule has 3 nitrogen and oxygen atoms in total. The Kier molecular flexibility index (Phi) is 1.93. The fourth-order valence-electron chi connectivity index (χ4n) is 1.41. The van der Waals surface area contributed by atoms with Gasteiger partial charge in [-0.2, -0.15) is 0 Å². The molecule has 1 aromatic heterocycles. The third-order valence-corrected chi connectivity index (χ3v) is 2.19. The third kappa shape index (κ3) is 1.33. The van der Waals surface area contributed by atoms with E-state index in [0.717, 1.165) is 10.1 Å².